The van der Waals surface area contributed by atoms with Crippen LogP contribution in [0.3, 0.4) is 0 Å². The molecule has 0 radical (unpaired) electrons. The van der Waals surface area contributed by atoms with E-state index in [1.54, 1.807) is 0 Å². The summed E-state index contributed by atoms with van der Waals surface area (Å²) in [5, 5.41) is 6.05. The Hall–Kier alpha value is -2.53. The molecule has 0 saturated carbocycles. The van der Waals surface area contributed by atoms with Gasteiger partial charge in [0.15, 0.2) is 0 Å². The second kappa shape index (κ2) is 9.98. The molecule has 2 aromatic rings. The summed E-state index contributed by atoms with van der Waals surface area (Å²) in [6, 6.07) is 0. The summed E-state index contributed by atoms with van der Waals surface area (Å²) < 4.78 is 36.8. The number of carbonyl (C=O) groups excluding carboxylic acids is 3. The number of hydrogen-bond donors (Lipinski definition) is 1. The van der Waals surface area contributed by atoms with Crippen LogP contribution in [0.2, 0.25) is 5.02 Å². The largest absolute Gasteiger partial charge is 0.465 e. The van der Waals surface area contributed by atoms with Gasteiger partial charge in [0, 0.05) is 0 Å². The minimum absolute atomic E-state index is 0.0330. The van der Waals surface area contributed by atoms with Gasteiger partial charge in [0.25, 0.3) is 6.43 Å². The molecule has 0 saturated heterocycles. The van der Waals surface area contributed by atoms with Crippen LogP contribution >= 0.6 is 22.9 Å². The molecule has 2 rings (SSSR count). The summed E-state index contributed by atoms with van der Waals surface area (Å²) in [4.78, 5) is 37.1. The molecule has 0 bridgehead atoms. The third-order valence-electron chi connectivity index (χ3n) is 4.07. The van der Waals surface area contributed by atoms with Gasteiger partial charge in [-0.1, -0.05) is 18.5 Å². The van der Waals surface area contributed by atoms with Crippen LogP contribution in [-0.2, 0) is 20.8 Å². The average Bonchev–Trinajstić information content (AvgIpc) is 3.16. The molecule has 0 unspecified atom stereocenters. The summed E-state index contributed by atoms with van der Waals surface area (Å²) in [5.74, 6) is -2.02. The van der Waals surface area contributed by atoms with Crippen LogP contribution in [0.25, 0.3) is 0 Å². The Morgan fingerprint density at radius 2 is 1.93 bits per heavy atom. The maximum atomic E-state index is 13.0. The second-order valence-electron chi connectivity index (χ2n) is 6.18. The number of methoxy groups -OCH3 is 1. The van der Waals surface area contributed by atoms with Gasteiger partial charge in [0.1, 0.15) is 22.1 Å². The Morgan fingerprint density at radius 1 is 1.27 bits per heavy atom. The Kier molecular flexibility index (Phi) is 7.90. The third kappa shape index (κ3) is 4.96. The molecule has 1 N–H and O–H groups in total. The molecule has 0 aliphatic heterocycles. The highest BCUT2D eigenvalue weighted by Crippen LogP contribution is 2.34. The molecule has 1 amide bonds. The first kappa shape index (κ1) is 23.7. The van der Waals surface area contributed by atoms with Crippen molar-refractivity contribution in [2.75, 3.05) is 19.0 Å². The fourth-order valence-corrected chi connectivity index (χ4v) is 3.89. The number of alkyl halides is 2. The van der Waals surface area contributed by atoms with E-state index < -0.39 is 36.5 Å². The molecular weight excluding hydrogens is 444 g/mol. The average molecular weight is 464 g/mol. The van der Waals surface area contributed by atoms with Crippen molar-refractivity contribution in [3.63, 3.8) is 0 Å². The van der Waals surface area contributed by atoms with E-state index in [2.05, 4.69) is 10.4 Å². The maximum Gasteiger partial charge on any atom is 0.348 e. The quantitative estimate of drug-likeness (QED) is 0.590. The fourth-order valence-electron chi connectivity index (χ4n) is 2.54. The lowest BCUT2D eigenvalue weighted by molar-refractivity contribution is -0.116. The van der Waals surface area contributed by atoms with Gasteiger partial charge >= 0.3 is 11.9 Å². The Bertz CT molecular complexity index is 974. The van der Waals surface area contributed by atoms with E-state index in [-0.39, 0.29) is 32.8 Å². The molecule has 0 atom stereocenters. The van der Waals surface area contributed by atoms with E-state index in [0.29, 0.717) is 12.0 Å². The van der Waals surface area contributed by atoms with Crippen LogP contribution in [0.5, 0.6) is 0 Å². The van der Waals surface area contributed by atoms with Crippen LogP contribution in [0.15, 0.2) is 0 Å². The van der Waals surface area contributed by atoms with Gasteiger partial charge in [-0.25, -0.2) is 18.4 Å². The van der Waals surface area contributed by atoms with Gasteiger partial charge in [-0.05, 0) is 25.8 Å². The van der Waals surface area contributed by atoms with Gasteiger partial charge < -0.3 is 14.8 Å². The number of anilines is 1. The van der Waals surface area contributed by atoms with Crippen molar-refractivity contribution in [3.05, 3.63) is 32.4 Å². The highest BCUT2D eigenvalue weighted by atomic mass is 35.5. The first-order chi connectivity index (χ1) is 14.1. The van der Waals surface area contributed by atoms with Crippen molar-refractivity contribution in [1.29, 1.82) is 0 Å². The summed E-state index contributed by atoms with van der Waals surface area (Å²) in [7, 11) is 1.19. The summed E-state index contributed by atoms with van der Waals surface area (Å²) in [5.41, 5.74) is -0.0831. The van der Waals surface area contributed by atoms with Crippen molar-refractivity contribution in [2.45, 2.75) is 40.2 Å². The lowest BCUT2D eigenvalue weighted by Crippen LogP contribution is -2.21. The summed E-state index contributed by atoms with van der Waals surface area (Å²) in [6.07, 6.45) is -2.30. The molecule has 8 nitrogen and oxygen atoms in total. The van der Waals surface area contributed by atoms with E-state index >= 15 is 0 Å². The molecule has 2 heterocycles. The predicted molar refractivity (Wildman–Crippen MR) is 107 cm³/mol. The second-order valence-corrected chi connectivity index (χ2v) is 7.58. The Balaban J connectivity index is 2.32. The molecule has 0 fully saturated rings. The maximum absolute atomic E-state index is 13.0. The standard InChI is InChI=1S/C18H20ClF2N3O5S/c1-5-6-29-17(26)11-8(2)14(18(27)28-4)30-16(11)22-10(25)7-24-9(3)12(19)13(23-24)15(20)21/h15H,5-7H2,1-4H3,(H,22,25). The SMILES string of the molecule is CCCOC(=O)c1c(NC(=O)Cn2nc(C(F)F)c(Cl)c2C)sc(C(=O)OC)c1C. The van der Waals surface area contributed by atoms with Crippen LogP contribution in [0.4, 0.5) is 13.8 Å². The van der Waals surface area contributed by atoms with Crippen molar-refractivity contribution < 1.29 is 32.6 Å². The minimum atomic E-state index is -2.89. The molecule has 2 aromatic heterocycles. The normalized spacial score (nSPS) is 10.9. The van der Waals surface area contributed by atoms with Crippen LogP contribution in [0.1, 0.15) is 56.8 Å². The zero-order valence-corrected chi connectivity index (χ0v) is 18.2. The first-order valence-corrected chi connectivity index (χ1v) is 10.0. The van der Waals surface area contributed by atoms with Crippen molar-refractivity contribution >= 4 is 45.8 Å². The first-order valence-electron chi connectivity index (χ1n) is 8.81. The number of ether oxygens (including phenoxy) is 2. The molecule has 0 aliphatic carbocycles. The van der Waals surface area contributed by atoms with Crippen molar-refractivity contribution in [2.24, 2.45) is 0 Å². The number of rotatable bonds is 8. The van der Waals surface area contributed by atoms with E-state index in [4.69, 9.17) is 21.1 Å². The third-order valence-corrected chi connectivity index (χ3v) is 5.72. The molecule has 164 valence electrons. The number of thiophene rings is 1. The number of carbonyl (C=O) groups is 3. The lowest BCUT2D eigenvalue weighted by Gasteiger charge is -2.08. The topological polar surface area (TPSA) is 99.5 Å². The van der Waals surface area contributed by atoms with Crippen molar-refractivity contribution in [3.8, 4) is 0 Å². The van der Waals surface area contributed by atoms with E-state index in [1.165, 1.54) is 21.0 Å². The summed E-state index contributed by atoms with van der Waals surface area (Å²) in [6.45, 7) is 4.55. The van der Waals surface area contributed by atoms with Crippen molar-refractivity contribution in [1.82, 2.24) is 9.78 Å². The van der Waals surface area contributed by atoms with Gasteiger partial charge in [-0.15, -0.1) is 11.3 Å². The van der Waals surface area contributed by atoms with Gasteiger partial charge in [-0.2, -0.15) is 5.10 Å². The zero-order chi connectivity index (χ0) is 22.6. The van der Waals surface area contributed by atoms with E-state index in [0.717, 1.165) is 16.0 Å². The van der Waals surface area contributed by atoms with E-state index in [1.807, 2.05) is 6.92 Å². The fraction of sp³-hybridized carbons (Fsp3) is 0.444. The Morgan fingerprint density at radius 3 is 2.47 bits per heavy atom. The zero-order valence-electron chi connectivity index (χ0n) is 16.7. The van der Waals surface area contributed by atoms with Crippen LogP contribution in [0, 0.1) is 13.8 Å². The molecular formula is C18H20ClF2N3O5S. The van der Waals surface area contributed by atoms with Gasteiger partial charge in [0.05, 0.1) is 30.0 Å². The van der Waals surface area contributed by atoms with Crippen LogP contribution < -0.4 is 5.32 Å². The number of nitrogens with one attached hydrogen (secondary N) is 1. The molecule has 30 heavy (non-hydrogen) atoms. The monoisotopic (exact) mass is 463 g/mol. The van der Waals surface area contributed by atoms with Gasteiger partial charge in [-0.3, -0.25) is 9.48 Å². The smallest absolute Gasteiger partial charge is 0.348 e. The number of aromatic nitrogens is 2. The molecule has 0 aromatic carbocycles. The van der Waals surface area contributed by atoms with Crippen LogP contribution in [-0.4, -0.2) is 41.3 Å². The number of hydrogen-bond acceptors (Lipinski definition) is 7. The molecule has 12 heteroatoms. The Labute approximate surface area is 180 Å². The predicted octanol–water partition coefficient (Wildman–Crippen LogP) is 4.14. The minimum Gasteiger partial charge on any atom is -0.465 e. The highest BCUT2D eigenvalue weighted by Gasteiger charge is 2.28. The number of amides is 1. The number of nitrogens with zero attached hydrogens (tertiary/aromatic N) is 2. The lowest BCUT2D eigenvalue weighted by atomic mass is 10.1. The van der Waals surface area contributed by atoms with E-state index in [9.17, 15) is 23.2 Å². The molecule has 0 spiro atoms. The number of halogens is 3. The highest BCUT2D eigenvalue weighted by molar-refractivity contribution is 7.18. The van der Waals surface area contributed by atoms with Gasteiger partial charge in [0.2, 0.25) is 5.91 Å². The molecule has 0 aliphatic rings. The summed E-state index contributed by atoms with van der Waals surface area (Å²) >= 11 is 6.69. The number of esters is 2.